The highest BCUT2D eigenvalue weighted by Gasteiger charge is 1.99. The lowest BCUT2D eigenvalue weighted by atomic mass is 10.3. The minimum atomic E-state index is 0.504. The van der Waals surface area contributed by atoms with Crippen molar-refractivity contribution in [2.75, 3.05) is 26.2 Å². The number of benzene rings is 1. The summed E-state index contributed by atoms with van der Waals surface area (Å²) in [6.07, 6.45) is 0. The van der Waals surface area contributed by atoms with Gasteiger partial charge in [0.05, 0.1) is 11.6 Å². The first-order valence-corrected chi connectivity index (χ1v) is 6.55. The van der Waals surface area contributed by atoms with E-state index in [1.165, 1.54) is 0 Å². The van der Waals surface area contributed by atoms with Crippen molar-refractivity contribution in [1.29, 1.82) is 0 Å². The first-order valence-electron chi connectivity index (χ1n) is 6.17. The van der Waals surface area contributed by atoms with Gasteiger partial charge in [-0.15, -0.1) is 0 Å². The van der Waals surface area contributed by atoms with Crippen molar-refractivity contribution in [3.8, 4) is 5.75 Å². The van der Waals surface area contributed by atoms with Crippen LogP contribution >= 0.6 is 11.6 Å². The molecular formula is C13H20ClN3O. The Bertz CT molecular complexity index is 374. The van der Waals surface area contributed by atoms with Gasteiger partial charge in [-0.05, 0) is 26.0 Å². The molecule has 100 valence electrons. The van der Waals surface area contributed by atoms with Crippen LogP contribution in [0.15, 0.2) is 29.3 Å². The number of halogens is 1. The summed E-state index contributed by atoms with van der Waals surface area (Å²) >= 11 is 5.98. The summed E-state index contributed by atoms with van der Waals surface area (Å²) in [7, 11) is 0. The Morgan fingerprint density at radius 3 is 2.50 bits per heavy atom. The SMILES string of the molecule is CCNC(=NCCOc1ccccc1Cl)NCC. The number of ether oxygens (including phenoxy) is 1. The Hall–Kier alpha value is -1.42. The van der Waals surface area contributed by atoms with Gasteiger partial charge in [0.15, 0.2) is 5.96 Å². The van der Waals surface area contributed by atoms with Crippen LogP contribution < -0.4 is 15.4 Å². The van der Waals surface area contributed by atoms with Gasteiger partial charge in [-0.1, -0.05) is 23.7 Å². The first-order chi connectivity index (χ1) is 8.77. The van der Waals surface area contributed by atoms with E-state index in [-0.39, 0.29) is 0 Å². The fourth-order valence-electron chi connectivity index (χ4n) is 1.38. The Labute approximate surface area is 113 Å². The van der Waals surface area contributed by atoms with Gasteiger partial charge in [0.25, 0.3) is 0 Å². The normalized spacial score (nSPS) is 9.72. The Balaban J connectivity index is 2.36. The first kappa shape index (κ1) is 14.6. The van der Waals surface area contributed by atoms with E-state index in [9.17, 15) is 0 Å². The van der Waals surface area contributed by atoms with E-state index < -0.39 is 0 Å². The topological polar surface area (TPSA) is 45.7 Å². The quantitative estimate of drug-likeness (QED) is 0.473. The van der Waals surface area contributed by atoms with Gasteiger partial charge in [-0.3, -0.25) is 0 Å². The molecule has 1 aromatic rings. The number of aliphatic imine (C=N–C) groups is 1. The number of rotatable bonds is 6. The second-order valence-corrected chi connectivity index (χ2v) is 3.98. The average molecular weight is 270 g/mol. The number of hydrogen-bond donors (Lipinski definition) is 2. The number of nitrogens with zero attached hydrogens (tertiary/aromatic N) is 1. The van der Waals surface area contributed by atoms with E-state index in [1.54, 1.807) is 0 Å². The molecule has 0 fully saturated rings. The maximum atomic E-state index is 5.98. The van der Waals surface area contributed by atoms with Crippen LogP contribution in [0.25, 0.3) is 0 Å². The molecule has 5 heteroatoms. The lowest BCUT2D eigenvalue weighted by Gasteiger charge is -2.10. The lowest BCUT2D eigenvalue weighted by molar-refractivity contribution is 0.328. The summed E-state index contributed by atoms with van der Waals surface area (Å²) in [6.45, 7) is 6.85. The number of nitrogens with one attached hydrogen (secondary N) is 2. The fourth-order valence-corrected chi connectivity index (χ4v) is 1.57. The molecule has 0 saturated heterocycles. The molecule has 0 amide bonds. The monoisotopic (exact) mass is 269 g/mol. The largest absolute Gasteiger partial charge is 0.490 e. The molecule has 0 saturated carbocycles. The van der Waals surface area contributed by atoms with Gasteiger partial charge in [-0.2, -0.15) is 0 Å². The third kappa shape index (κ3) is 5.27. The molecule has 0 aromatic heterocycles. The van der Waals surface area contributed by atoms with Crippen molar-refractivity contribution < 1.29 is 4.74 Å². The van der Waals surface area contributed by atoms with Crippen LogP contribution in [0.2, 0.25) is 5.02 Å². The van der Waals surface area contributed by atoms with Gasteiger partial charge in [0.1, 0.15) is 12.4 Å². The zero-order chi connectivity index (χ0) is 13.2. The van der Waals surface area contributed by atoms with Crippen LogP contribution in [0.1, 0.15) is 13.8 Å². The molecule has 0 unspecified atom stereocenters. The summed E-state index contributed by atoms with van der Waals surface area (Å²) in [5, 5.41) is 6.93. The van der Waals surface area contributed by atoms with Gasteiger partial charge >= 0.3 is 0 Å². The molecule has 0 spiro atoms. The van der Waals surface area contributed by atoms with Gasteiger partial charge in [-0.25, -0.2) is 4.99 Å². The van der Waals surface area contributed by atoms with E-state index >= 15 is 0 Å². The van der Waals surface area contributed by atoms with Gasteiger partial charge in [0.2, 0.25) is 0 Å². The number of hydrogen-bond acceptors (Lipinski definition) is 2. The molecule has 1 rings (SSSR count). The summed E-state index contributed by atoms with van der Waals surface area (Å²) < 4.78 is 5.55. The van der Waals surface area contributed by atoms with Crippen LogP contribution in [-0.4, -0.2) is 32.2 Å². The van der Waals surface area contributed by atoms with Gasteiger partial charge < -0.3 is 15.4 Å². The highest BCUT2D eigenvalue weighted by Crippen LogP contribution is 2.22. The van der Waals surface area contributed by atoms with Crippen LogP contribution in [0, 0.1) is 0 Å². The molecule has 2 N–H and O–H groups in total. The summed E-state index contributed by atoms with van der Waals surface area (Å²) in [4.78, 5) is 4.37. The van der Waals surface area contributed by atoms with Crippen molar-refractivity contribution in [2.24, 2.45) is 4.99 Å². The van der Waals surface area contributed by atoms with Gasteiger partial charge in [0, 0.05) is 13.1 Å². The van der Waals surface area contributed by atoms with Crippen molar-refractivity contribution in [1.82, 2.24) is 10.6 Å². The summed E-state index contributed by atoms with van der Waals surface area (Å²) in [6, 6.07) is 7.43. The Kier molecular flexibility index (Phi) is 7.03. The summed E-state index contributed by atoms with van der Waals surface area (Å²) in [5.74, 6) is 1.51. The smallest absolute Gasteiger partial charge is 0.191 e. The average Bonchev–Trinajstić information content (AvgIpc) is 2.37. The summed E-state index contributed by atoms with van der Waals surface area (Å²) in [5.41, 5.74) is 0. The van der Waals surface area contributed by atoms with Crippen molar-refractivity contribution >= 4 is 17.6 Å². The zero-order valence-electron chi connectivity index (χ0n) is 10.9. The molecule has 0 heterocycles. The maximum absolute atomic E-state index is 5.98. The van der Waals surface area contributed by atoms with E-state index in [0.29, 0.717) is 23.9 Å². The van der Waals surface area contributed by atoms with E-state index in [2.05, 4.69) is 15.6 Å². The molecule has 0 aliphatic heterocycles. The maximum Gasteiger partial charge on any atom is 0.191 e. The fraction of sp³-hybridized carbons (Fsp3) is 0.462. The molecular weight excluding hydrogens is 250 g/mol. The molecule has 0 aliphatic carbocycles. The molecule has 1 aromatic carbocycles. The standard InChI is InChI=1S/C13H20ClN3O/c1-3-15-13(16-4-2)17-9-10-18-12-8-6-5-7-11(12)14/h5-8H,3-4,9-10H2,1-2H3,(H2,15,16,17). The molecule has 0 aliphatic rings. The van der Waals surface area contributed by atoms with Crippen molar-refractivity contribution in [2.45, 2.75) is 13.8 Å². The van der Waals surface area contributed by atoms with Crippen LogP contribution in [-0.2, 0) is 0 Å². The van der Waals surface area contributed by atoms with Crippen LogP contribution in [0.5, 0.6) is 5.75 Å². The second-order valence-electron chi connectivity index (χ2n) is 3.57. The second kappa shape index (κ2) is 8.64. The number of para-hydroxylation sites is 1. The highest BCUT2D eigenvalue weighted by molar-refractivity contribution is 6.32. The number of guanidine groups is 1. The zero-order valence-corrected chi connectivity index (χ0v) is 11.6. The lowest BCUT2D eigenvalue weighted by Crippen LogP contribution is -2.37. The molecule has 0 radical (unpaired) electrons. The Morgan fingerprint density at radius 1 is 1.22 bits per heavy atom. The van der Waals surface area contributed by atoms with Crippen LogP contribution in [0.4, 0.5) is 0 Å². The Morgan fingerprint density at radius 2 is 1.89 bits per heavy atom. The van der Waals surface area contributed by atoms with Crippen molar-refractivity contribution in [3.63, 3.8) is 0 Å². The predicted molar refractivity (Wildman–Crippen MR) is 76.6 cm³/mol. The molecule has 18 heavy (non-hydrogen) atoms. The van der Waals surface area contributed by atoms with Crippen molar-refractivity contribution in [3.05, 3.63) is 29.3 Å². The molecule has 4 nitrogen and oxygen atoms in total. The van der Waals surface area contributed by atoms with Crippen LogP contribution in [0.3, 0.4) is 0 Å². The van der Waals surface area contributed by atoms with E-state index in [4.69, 9.17) is 16.3 Å². The van der Waals surface area contributed by atoms with E-state index in [1.807, 2.05) is 38.1 Å². The third-order valence-electron chi connectivity index (χ3n) is 2.14. The predicted octanol–water partition coefficient (Wildman–Crippen LogP) is 2.29. The molecule has 0 atom stereocenters. The minimum Gasteiger partial charge on any atom is -0.490 e. The highest BCUT2D eigenvalue weighted by atomic mass is 35.5. The van der Waals surface area contributed by atoms with E-state index in [0.717, 1.165) is 19.0 Å². The minimum absolute atomic E-state index is 0.504. The third-order valence-corrected chi connectivity index (χ3v) is 2.46. The molecule has 0 bridgehead atoms.